The number of para-hydroxylation sites is 1. The summed E-state index contributed by atoms with van der Waals surface area (Å²) in [6, 6.07) is 8.18. The van der Waals surface area contributed by atoms with Crippen molar-refractivity contribution in [3.63, 3.8) is 0 Å². The first-order valence-electron chi connectivity index (χ1n) is 5.74. The number of anilines is 1. The van der Waals surface area contributed by atoms with Crippen LogP contribution in [0.4, 0.5) is 5.69 Å². The number of carboxylic acid groups (broad SMARTS) is 1. The molecule has 0 fully saturated rings. The van der Waals surface area contributed by atoms with Gasteiger partial charge in [-0.25, -0.2) is 9.78 Å². The van der Waals surface area contributed by atoms with Crippen LogP contribution in [-0.4, -0.2) is 22.6 Å². The predicted octanol–water partition coefficient (Wildman–Crippen LogP) is 1.94. The normalized spacial score (nSPS) is 13.7. The molecule has 2 heterocycles. The molecule has 0 radical (unpaired) electrons. The zero-order chi connectivity index (χ0) is 12.5. The number of hydrogen-bond acceptors (Lipinski definition) is 4. The molecule has 1 N–H and O–H groups in total. The molecule has 0 atom stereocenters. The summed E-state index contributed by atoms with van der Waals surface area (Å²) in [6.45, 7) is 1.41. The van der Waals surface area contributed by atoms with Crippen molar-refractivity contribution in [2.45, 2.75) is 13.0 Å². The Hall–Kier alpha value is -2.30. The highest BCUT2D eigenvalue weighted by Gasteiger charge is 2.20. The minimum atomic E-state index is -1.06. The van der Waals surface area contributed by atoms with Gasteiger partial charge in [0.05, 0.1) is 6.54 Å². The quantitative estimate of drug-likeness (QED) is 0.893. The maximum atomic E-state index is 10.7. The Labute approximate surface area is 104 Å². The number of aromatic carboxylic acids is 1. The van der Waals surface area contributed by atoms with E-state index in [0.717, 1.165) is 13.0 Å². The van der Waals surface area contributed by atoms with Gasteiger partial charge in [-0.15, -0.1) is 0 Å². The Morgan fingerprint density at radius 1 is 1.44 bits per heavy atom. The summed E-state index contributed by atoms with van der Waals surface area (Å²) in [4.78, 5) is 16.8. The lowest BCUT2D eigenvalue weighted by Gasteiger charge is -2.16. The molecule has 0 aliphatic carbocycles. The lowest BCUT2D eigenvalue weighted by Crippen LogP contribution is -2.19. The van der Waals surface area contributed by atoms with Crippen molar-refractivity contribution in [1.29, 1.82) is 0 Å². The summed E-state index contributed by atoms with van der Waals surface area (Å²) >= 11 is 0. The summed E-state index contributed by atoms with van der Waals surface area (Å²) in [5, 5.41) is 8.78. The molecule has 3 rings (SSSR count). The maximum Gasteiger partial charge on any atom is 0.357 e. The van der Waals surface area contributed by atoms with Gasteiger partial charge in [-0.1, -0.05) is 18.2 Å². The summed E-state index contributed by atoms with van der Waals surface area (Å²) < 4.78 is 5.17. The van der Waals surface area contributed by atoms with E-state index >= 15 is 0 Å². The van der Waals surface area contributed by atoms with Crippen molar-refractivity contribution in [2.24, 2.45) is 0 Å². The topological polar surface area (TPSA) is 66.6 Å². The third-order valence-electron chi connectivity index (χ3n) is 3.08. The van der Waals surface area contributed by atoms with Gasteiger partial charge in [-0.2, -0.15) is 0 Å². The average molecular weight is 244 g/mol. The second-order valence-corrected chi connectivity index (χ2v) is 4.23. The smallest absolute Gasteiger partial charge is 0.357 e. The van der Waals surface area contributed by atoms with Crippen molar-refractivity contribution < 1.29 is 14.3 Å². The molecule has 5 heteroatoms. The molecule has 1 aromatic heterocycles. The number of benzene rings is 1. The third kappa shape index (κ3) is 1.84. The summed E-state index contributed by atoms with van der Waals surface area (Å²) in [6.07, 6.45) is 2.18. The highest BCUT2D eigenvalue weighted by Crippen LogP contribution is 2.28. The second-order valence-electron chi connectivity index (χ2n) is 4.23. The van der Waals surface area contributed by atoms with Crippen LogP contribution in [0.15, 0.2) is 34.9 Å². The average Bonchev–Trinajstić information content (AvgIpc) is 2.98. The molecule has 18 heavy (non-hydrogen) atoms. The monoisotopic (exact) mass is 244 g/mol. The van der Waals surface area contributed by atoms with Crippen LogP contribution in [0.2, 0.25) is 0 Å². The Balaban J connectivity index is 1.80. The molecular formula is C13H12N2O3. The van der Waals surface area contributed by atoms with E-state index in [0.29, 0.717) is 12.4 Å². The molecule has 0 bridgehead atoms. The van der Waals surface area contributed by atoms with E-state index in [1.165, 1.54) is 17.5 Å². The highest BCUT2D eigenvalue weighted by atomic mass is 16.4. The lowest BCUT2D eigenvalue weighted by molar-refractivity contribution is 0.0690. The fourth-order valence-corrected chi connectivity index (χ4v) is 2.22. The third-order valence-corrected chi connectivity index (χ3v) is 3.08. The van der Waals surface area contributed by atoms with Crippen molar-refractivity contribution in [3.05, 3.63) is 47.7 Å². The van der Waals surface area contributed by atoms with Gasteiger partial charge in [-0.3, -0.25) is 0 Å². The lowest BCUT2D eigenvalue weighted by atomic mass is 10.2. The van der Waals surface area contributed by atoms with E-state index in [2.05, 4.69) is 22.0 Å². The SMILES string of the molecule is O=C(O)c1coc(CN2CCc3ccccc32)n1. The molecule has 0 spiro atoms. The fourth-order valence-electron chi connectivity index (χ4n) is 2.22. The molecule has 0 saturated carbocycles. The Kier molecular flexibility index (Phi) is 2.51. The van der Waals surface area contributed by atoms with Crippen molar-refractivity contribution in [3.8, 4) is 0 Å². The van der Waals surface area contributed by atoms with E-state index in [1.54, 1.807) is 0 Å². The van der Waals surface area contributed by atoms with Gasteiger partial charge in [0.1, 0.15) is 6.26 Å². The molecule has 1 aromatic carbocycles. The molecular weight excluding hydrogens is 232 g/mol. The van der Waals surface area contributed by atoms with E-state index in [-0.39, 0.29) is 5.69 Å². The number of aromatic nitrogens is 1. The first-order valence-corrected chi connectivity index (χ1v) is 5.74. The minimum Gasteiger partial charge on any atom is -0.476 e. The zero-order valence-corrected chi connectivity index (χ0v) is 9.67. The number of carbonyl (C=O) groups is 1. The number of oxazole rings is 1. The van der Waals surface area contributed by atoms with Gasteiger partial charge < -0.3 is 14.4 Å². The van der Waals surface area contributed by atoms with E-state index in [1.807, 2.05) is 12.1 Å². The van der Waals surface area contributed by atoms with Crippen LogP contribution >= 0.6 is 0 Å². The summed E-state index contributed by atoms with van der Waals surface area (Å²) in [7, 11) is 0. The van der Waals surface area contributed by atoms with E-state index < -0.39 is 5.97 Å². The Morgan fingerprint density at radius 2 is 2.28 bits per heavy atom. The van der Waals surface area contributed by atoms with Crippen LogP contribution in [0.25, 0.3) is 0 Å². The van der Waals surface area contributed by atoms with Crippen molar-refractivity contribution >= 4 is 11.7 Å². The van der Waals surface area contributed by atoms with Gasteiger partial charge in [0.15, 0.2) is 5.69 Å². The zero-order valence-electron chi connectivity index (χ0n) is 9.67. The minimum absolute atomic E-state index is 0.0440. The van der Waals surface area contributed by atoms with Crippen LogP contribution in [0.1, 0.15) is 21.9 Å². The molecule has 92 valence electrons. The summed E-state index contributed by atoms with van der Waals surface area (Å²) in [5.41, 5.74) is 2.44. The van der Waals surface area contributed by atoms with Gasteiger partial charge >= 0.3 is 5.97 Å². The second kappa shape index (κ2) is 4.18. The molecule has 1 aliphatic rings. The first kappa shape index (κ1) is 10.8. The van der Waals surface area contributed by atoms with Crippen molar-refractivity contribution in [1.82, 2.24) is 4.98 Å². The number of fused-ring (bicyclic) bond motifs is 1. The molecule has 1 aliphatic heterocycles. The van der Waals surface area contributed by atoms with E-state index in [4.69, 9.17) is 9.52 Å². The van der Waals surface area contributed by atoms with Crippen LogP contribution in [0, 0.1) is 0 Å². The standard InChI is InChI=1S/C13H12N2O3/c16-13(17)10-8-18-12(14-10)7-15-6-5-9-3-1-2-4-11(9)15/h1-4,8H,5-7H2,(H,16,17). The molecule has 0 saturated heterocycles. The van der Waals surface area contributed by atoms with Crippen LogP contribution < -0.4 is 4.90 Å². The van der Waals surface area contributed by atoms with Crippen LogP contribution in [0.3, 0.4) is 0 Å². The number of hydrogen-bond donors (Lipinski definition) is 1. The van der Waals surface area contributed by atoms with Gasteiger partial charge in [0.2, 0.25) is 5.89 Å². The molecule has 0 amide bonds. The number of rotatable bonds is 3. The first-order chi connectivity index (χ1) is 8.74. The maximum absolute atomic E-state index is 10.7. The molecule has 2 aromatic rings. The van der Waals surface area contributed by atoms with Gasteiger partial charge in [-0.05, 0) is 18.1 Å². The molecule has 5 nitrogen and oxygen atoms in total. The van der Waals surface area contributed by atoms with E-state index in [9.17, 15) is 4.79 Å². The van der Waals surface area contributed by atoms with Crippen LogP contribution in [0.5, 0.6) is 0 Å². The fraction of sp³-hybridized carbons (Fsp3) is 0.231. The van der Waals surface area contributed by atoms with Gasteiger partial charge in [0.25, 0.3) is 0 Å². The largest absolute Gasteiger partial charge is 0.476 e. The predicted molar refractivity (Wildman–Crippen MR) is 64.7 cm³/mol. The Morgan fingerprint density at radius 3 is 3.06 bits per heavy atom. The van der Waals surface area contributed by atoms with Crippen LogP contribution in [-0.2, 0) is 13.0 Å². The highest BCUT2D eigenvalue weighted by molar-refractivity contribution is 5.84. The van der Waals surface area contributed by atoms with Gasteiger partial charge in [0, 0.05) is 12.2 Å². The number of nitrogens with zero attached hydrogens (tertiary/aromatic N) is 2. The molecule has 0 unspecified atom stereocenters. The van der Waals surface area contributed by atoms with Crippen molar-refractivity contribution in [2.75, 3.05) is 11.4 Å². The Bertz CT molecular complexity index is 591. The summed E-state index contributed by atoms with van der Waals surface area (Å²) in [5.74, 6) is -0.629. The number of carboxylic acids is 1.